The Hall–Kier alpha value is -2.74. The second-order valence-electron chi connectivity index (χ2n) is 5.09. The maximum Gasteiger partial charge on any atom is 0.488 e. The first kappa shape index (κ1) is 16.1. The molecule has 3 rings (SSSR count). The molecule has 0 N–H and O–H groups in total. The van der Waals surface area contributed by atoms with Crippen LogP contribution in [-0.4, -0.2) is 25.9 Å². The minimum atomic E-state index is -5.17. The minimum absolute atomic E-state index is 0.104. The van der Waals surface area contributed by atoms with Crippen LogP contribution in [0.3, 0.4) is 0 Å². The lowest BCUT2D eigenvalue weighted by atomic mass is 10.1. The van der Waals surface area contributed by atoms with Gasteiger partial charge in [-0.1, -0.05) is 34.2 Å². The third-order valence-electron chi connectivity index (χ3n) is 3.45. The van der Waals surface area contributed by atoms with E-state index in [-0.39, 0.29) is 17.2 Å². The largest absolute Gasteiger partial charge is 0.488 e. The number of rotatable bonds is 3. The molecule has 1 amide bonds. The molecule has 0 spiro atoms. The van der Waals surface area contributed by atoms with Crippen LogP contribution in [0.5, 0.6) is 5.75 Å². The van der Waals surface area contributed by atoms with Gasteiger partial charge in [0.1, 0.15) is 0 Å². The lowest BCUT2D eigenvalue weighted by molar-refractivity contribution is 0.0986. The number of amides is 1. The van der Waals surface area contributed by atoms with Gasteiger partial charge < -0.3 is 9.08 Å². The molecule has 0 unspecified atom stereocenters. The van der Waals surface area contributed by atoms with Crippen LogP contribution in [0.4, 0.5) is 9.57 Å². The van der Waals surface area contributed by atoms with Gasteiger partial charge in [0.25, 0.3) is 5.91 Å². The number of fused-ring (bicyclic) bond motifs is 1. The smallest absolute Gasteiger partial charge is 0.357 e. The van der Waals surface area contributed by atoms with Gasteiger partial charge in [-0.3, -0.25) is 9.78 Å². The molecule has 0 radical (unpaired) electrons. The van der Waals surface area contributed by atoms with Crippen molar-refractivity contribution < 1.29 is 21.3 Å². The fourth-order valence-electron chi connectivity index (χ4n) is 2.47. The maximum absolute atomic E-state index is 12.8. The van der Waals surface area contributed by atoms with Crippen molar-refractivity contribution in [3.63, 3.8) is 0 Å². The molecule has 2 heterocycles. The molecule has 0 fully saturated rings. The molecule has 2 aromatic rings. The summed E-state index contributed by atoms with van der Waals surface area (Å²) in [5, 5.41) is 0. The number of nitrogens with zero attached hydrogens (tertiary/aromatic N) is 2. The zero-order valence-electron chi connectivity index (χ0n) is 12.4. The number of carbonyl (C=O) groups is 1. The first-order valence-corrected chi connectivity index (χ1v) is 8.41. The molecule has 0 bridgehead atoms. The third kappa shape index (κ3) is 3.60. The van der Waals surface area contributed by atoms with Crippen LogP contribution in [-0.2, 0) is 10.5 Å². The number of carbonyl (C=O) groups excluding carboxylic acids is 1. The fraction of sp³-hybridized carbons (Fsp3) is 0.125. The Kier molecular flexibility index (Phi) is 4.30. The number of anilines is 1. The van der Waals surface area contributed by atoms with Crippen LogP contribution in [0.1, 0.15) is 22.3 Å². The van der Waals surface area contributed by atoms with Crippen LogP contribution in [0, 0.1) is 0 Å². The van der Waals surface area contributed by atoms with Crippen molar-refractivity contribution in [3.8, 4) is 5.75 Å². The highest BCUT2D eigenvalue weighted by Crippen LogP contribution is 2.27. The molecule has 124 valence electrons. The van der Waals surface area contributed by atoms with E-state index in [2.05, 4.69) is 9.17 Å². The number of pyridine rings is 1. The normalized spacial score (nSPS) is 14.0. The lowest BCUT2D eigenvalue weighted by Gasteiger charge is -2.22. The molecule has 0 saturated carbocycles. The fourth-order valence-corrected chi connectivity index (χ4v) is 2.79. The van der Waals surface area contributed by atoms with E-state index in [0.29, 0.717) is 13.0 Å². The highest BCUT2D eigenvalue weighted by Gasteiger charge is 2.22. The summed E-state index contributed by atoms with van der Waals surface area (Å²) in [5.74, 6) is -0.732. The van der Waals surface area contributed by atoms with Crippen molar-refractivity contribution in [3.05, 3.63) is 59.9 Å². The zero-order valence-corrected chi connectivity index (χ0v) is 13.2. The van der Waals surface area contributed by atoms with E-state index in [1.807, 2.05) is 36.4 Å². The second-order valence-corrected chi connectivity index (χ2v) is 6.05. The van der Waals surface area contributed by atoms with E-state index in [0.717, 1.165) is 23.5 Å². The summed E-state index contributed by atoms with van der Waals surface area (Å²) < 4.78 is 37.9. The van der Waals surface area contributed by atoms with Crippen molar-refractivity contribution >= 4 is 28.2 Å². The van der Waals surface area contributed by atoms with E-state index in [9.17, 15) is 17.1 Å². The Labute approximate surface area is 138 Å². The van der Waals surface area contributed by atoms with Crippen LogP contribution in [0.2, 0.25) is 0 Å². The molecule has 24 heavy (non-hydrogen) atoms. The highest BCUT2D eigenvalue weighted by molar-refractivity contribution is 7.81. The SMILES string of the molecule is O=C(c1cncc(OS(=O)(=O)F)c1)N1CCC=Cc2ccccc21. The monoisotopic (exact) mass is 348 g/mol. The molecule has 1 aliphatic heterocycles. The summed E-state index contributed by atoms with van der Waals surface area (Å²) in [6.07, 6.45) is 6.88. The predicted octanol–water partition coefficient (Wildman–Crippen LogP) is 2.74. The van der Waals surface area contributed by atoms with Crippen LogP contribution >= 0.6 is 0 Å². The Balaban J connectivity index is 1.94. The molecule has 0 aliphatic carbocycles. The van der Waals surface area contributed by atoms with Gasteiger partial charge in [-0.05, 0) is 24.1 Å². The average molecular weight is 348 g/mol. The first-order valence-electron chi connectivity index (χ1n) is 7.10. The predicted molar refractivity (Wildman–Crippen MR) is 86.7 cm³/mol. The van der Waals surface area contributed by atoms with E-state index < -0.39 is 10.5 Å². The molecule has 1 aromatic heterocycles. The molecule has 8 heteroatoms. The van der Waals surface area contributed by atoms with Gasteiger partial charge in [0.2, 0.25) is 0 Å². The van der Waals surface area contributed by atoms with Gasteiger partial charge in [-0.25, -0.2) is 0 Å². The van der Waals surface area contributed by atoms with Crippen molar-refractivity contribution in [2.24, 2.45) is 0 Å². The first-order chi connectivity index (χ1) is 11.4. The summed E-state index contributed by atoms with van der Waals surface area (Å²) in [6.45, 7) is 0.457. The number of hydrogen-bond acceptors (Lipinski definition) is 5. The summed E-state index contributed by atoms with van der Waals surface area (Å²) in [7, 11) is -5.17. The zero-order chi connectivity index (χ0) is 17.2. The van der Waals surface area contributed by atoms with Crippen molar-refractivity contribution in [2.75, 3.05) is 11.4 Å². The summed E-state index contributed by atoms with van der Waals surface area (Å²) in [5.41, 5.74) is 1.74. The second kappa shape index (κ2) is 6.40. The van der Waals surface area contributed by atoms with Crippen LogP contribution < -0.4 is 9.08 Å². The van der Waals surface area contributed by atoms with Gasteiger partial charge in [-0.2, -0.15) is 8.42 Å². The molecule has 1 aromatic carbocycles. The molecular weight excluding hydrogens is 335 g/mol. The molecule has 0 atom stereocenters. The van der Waals surface area contributed by atoms with Crippen molar-refractivity contribution in [2.45, 2.75) is 6.42 Å². The van der Waals surface area contributed by atoms with E-state index in [1.165, 1.54) is 6.20 Å². The van der Waals surface area contributed by atoms with E-state index in [4.69, 9.17) is 0 Å². The standard InChI is InChI=1S/C16H13FN2O4S/c17-24(21,22)23-14-9-13(10-18-11-14)16(20)19-8-4-3-6-12-5-1-2-7-15(12)19/h1-3,5-7,9-11H,4,8H2. The van der Waals surface area contributed by atoms with Gasteiger partial charge in [0.15, 0.2) is 5.75 Å². The molecule has 1 aliphatic rings. The quantitative estimate of drug-likeness (QED) is 0.797. The number of benzene rings is 1. The number of hydrogen-bond donors (Lipinski definition) is 0. The molecule has 0 saturated heterocycles. The Morgan fingerprint density at radius 2 is 2.04 bits per heavy atom. The minimum Gasteiger partial charge on any atom is -0.357 e. The number of halogens is 1. The van der Waals surface area contributed by atoms with E-state index in [1.54, 1.807) is 4.90 Å². The van der Waals surface area contributed by atoms with E-state index >= 15 is 0 Å². The number of para-hydroxylation sites is 1. The van der Waals surface area contributed by atoms with Crippen LogP contribution in [0.25, 0.3) is 6.08 Å². The van der Waals surface area contributed by atoms with Crippen molar-refractivity contribution in [1.82, 2.24) is 4.98 Å². The number of aromatic nitrogens is 1. The van der Waals surface area contributed by atoms with Gasteiger partial charge in [0.05, 0.1) is 17.4 Å². The average Bonchev–Trinajstić information content (AvgIpc) is 2.75. The lowest BCUT2D eigenvalue weighted by Crippen LogP contribution is -2.31. The Bertz CT molecular complexity index is 912. The summed E-state index contributed by atoms with van der Waals surface area (Å²) in [4.78, 5) is 18.1. The van der Waals surface area contributed by atoms with Crippen molar-refractivity contribution in [1.29, 1.82) is 0 Å². The van der Waals surface area contributed by atoms with Gasteiger partial charge >= 0.3 is 10.5 Å². The third-order valence-corrected chi connectivity index (χ3v) is 3.84. The Morgan fingerprint density at radius 3 is 2.83 bits per heavy atom. The van der Waals surface area contributed by atoms with Gasteiger partial charge in [-0.15, -0.1) is 0 Å². The van der Waals surface area contributed by atoms with Crippen LogP contribution in [0.15, 0.2) is 48.8 Å². The highest BCUT2D eigenvalue weighted by atomic mass is 32.3. The molecular formula is C16H13FN2O4S. The Morgan fingerprint density at radius 1 is 1.25 bits per heavy atom. The molecule has 6 nitrogen and oxygen atoms in total. The summed E-state index contributed by atoms with van der Waals surface area (Å²) >= 11 is 0. The topological polar surface area (TPSA) is 76.6 Å². The van der Waals surface area contributed by atoms with Gasteiger partial charge in [0, 0.05) is 12.7 Å². The summed E-state index contributed by atoms with van der Waals surface area (Å²) in [6, 6.07) is 8.56. The maximum atomic E-state index is 12.8.